The summed E-state index contributed by atoms with van der Waals surface area (Å²) < 4.78 is 0. The molecule has 5 heteroatoms. The highest BCUT2D eigenvalue weighted by molar-refractivity contribution is 7.21. The lowest BCUT2D eigenvalue weighted by Crippen LogP contribution is -2.19. The number of aryl methyl sites for hydroxylation is 1. The maximum atomic E-state index is 5.97. The largest absolute Gasteiger partial charge is 0.312 e. The van der Waals surface area contributed by atoms with Gasteiger partial charge in [0.25, 0.3) is 0 Å². The van der Waals surface area contributed by atoms with Crippen molar-refractivity contribution in [1.29, 1.82) is 0 Å². The quantitative estimate of drug-likeness (QED) is 0.897. The van der Waals surface area contributed by atoms with Gasteiger partial charge >= 0.3 is 0 Å². The third kappa shape index (κ3) is 2.15. The lowest BCUT2D eigenvalue weighted by molar-refractivity contribution is 0.501. The summed E-state index contributed by atoms with van der Waals surface area (Å²) in [4.78, 5) is 7.36. The molecule has 0 saturated heterocycles. The maximum absolute atomic E-state index is 5.97. The van der Waals surface area contributed by atoms with E-state index in [4.69, 9.17) is 16.6 Å². The van der Waals surface area contributed by atoms with Crippen molar-refractivity contribution in [3.63, 3.8) is 0 Å². The molecule has 0 fully saturated rings. The normalized spacial score (nSPS) is 19.3. The van der Waals surface area contributed by atoms with E-state index >= 15 is 0 Å². The Labute approximate surface area is 114 Å². The lowest BCUT2D eigenvalue weighted by Gasteiger charge is -2.19. The van der Waals surface area contributed by atoms with Crippen LogP contribution in [0.25, 0.3) is 9.88 Å². The molecule has 1 N–H and O–H groups in total. The minimum Gasteiger partial charge on any atom is -0.312 e. The molecular formula is C12H13ClN2S2. The molecule has 2 nitrogen and oxygen atoms in total. The van der Waals surface area contributed by atoms with Gasteiger partial charge in [-0.15, -0.1) is 22.7 Å². The molecular weight excluding hydrogens is 272 g/mol. The Morgan fingerprint density at radius 2 is 2.41 bits per heavy atom. The third-order valence-electron chi connectivity index (χ3n) is 3.08. The van der Waals surface area contributed by atoms with E-state index in [1.54, 1.807) is 11.3 Å². The van der Waals surface area contributed by atoms with Gasteiger partial charge in [0.15, 0.2) is 0 Å². The predicted octanol–water partition coefficient (Wildman–Crippen LogP) is 4.12. The van der Waals surface area contributed by atoms with Crippen LogP contribution in [-0.2, 0) is 6.42 Å². The van der Waals surface area contributed by atoms with E-state index < -0.39 is 0 Å². The first-order chi connectivity index (χ1) is 8.28. The van der Waals surface area contributed by atoms with Crippen LogP contribution < -0.4 is 5.32 Å². The van der Waals surface area contributed by atoms with Crippen molar-refractivity contribution in [2.45, 2.75) is 25.3 Å². The van der Waals surface area contributed by atoms with E-state index in [1.807, 2.05) is 29.8 Å². The summed E-state index contributed by atoms with van der Waals surface area (Å²) in [6, 6.07) is 2.49. The highest BCUT2D eigenvalue weighted by atomic mass is 35.5. The molecule has 0 radical (unpaired) electrons. The van der Waals surface area contributed by atoms with Crippen LogP contribution in [-0.4, -0.2) is 12.0 Å². The average Bonchev–Trinajstić information content (AvgIpc) is 2.93. The number of hydrogen-bond donors (Lipinski definition) is 1. The molecule has 0 aliphatic heterocycles. The molecule has 1 aliphatic rings. The van der Waals surface area contributed by atoms with Crippen molar-refractivity contribution in [1.82, 2.24) is 10.3 Å². The molecule has 1 unspecified atom stereocenters. The number of nitrogens with one attached hydrogen (secondary N) is 1. The molecule has 0 saturated carbocycles. The highest BCUT2D eigenvalue weighted by Crippen LogP contribution is 2.39. The van der Waals surface area contributed by atoms with Gasteiger partial charge in [0.1, 0.15) is 5.01 Å². The Hall–Kier alpha value is -0.420. The van der Waals surface area contributed by atoms with Gasteiger partial charge < -0.3 is 5.32 Å². The van der Waals surface area contributed by atoms with E-state index in [0.29, 0.717) is 6.04 Å². The minimum absolute atomic E-state index is 0.487. The molecule has 2 aromatic rings. The summed E-state index contributed by atoms with van der Waals surface area (Å²) in [7, 11) is 2.03. The van der Waals surface area contributed by atoms with Crippen LogP contribution in [0.3, 0.4) is 0 Å². The van der Waals surface area contributed by atoms with Gasteiger partial charge in [0.05, 0.1) is 15.6 Å². The van der Waals surface area contributed by atoms with Crippen LogP contribution in [0.15, 0.2) is 11.4 Å². The topological polar surface area (TPSA) is 24.9 Å². The van der Waals surface area contributed by atoms with Gasteiger partial charge in [-0.1, -0.05) is 11.6 Å². The van der Waals surface area contributed by atoms with Crippen LogP contribution in [0.1, 0.15) is 29.5 Å². The smallest absolute Gasteiger partial charge is 0.134 e. The monoisotopic (exact) mass is 284 g/mol. The Bertz CT molecular complexity index is 532. The van der Waals surface area contributed by atoms with Crippen molar-refractivity contribution < 1.29 is 0 Å². The standard InChI is InChI=1S/C12H13ClN2S2/c1-14-8-3-2-4-9-11(8)17-12(15-9)10-5-7(13)6-16-10/h5-6,8,14H,2-4H2,1H3. The summed E-state index contributed by atoms with van der Waals surface area (Å²) in [5.74, 6) is 0. The molecule has 17 heavy (non-hydrogen) atoms. The number of hydrogen-bond acceptors (Lipinski definition) is 4. The summed E-state index contributed by atoms with van der Waals surface area (Å²) in [5, 5.41) is 7.27. The van der Waals surface area contributed by atoms with Crippen LogP contribution in [0.5, 0.6) is 0 Å². The van der Waals surface area contributed by atoms with Crippen LogP contribution in [0.2, 0.25) is 5.02 Å². The maximum Gasteiger partial charge on any atom is 0.134 e. The lowest BCUT2D eigenvalue weighted by atomic mass is 9.98. The second-order valence-corrected chi connectivity index (χ2v) is 6.57. The molecule has 1 atom stereocenters. The Morgan fingerprint density at radius 1 is 1.53 bits per heavy atom. The Balaban J connectivity index is 2.01. The Morgan fingerprint density at radius 3 is 3.12 bits per heavy atom. The zero-order chi connectivity index (χ0) is 11.8. The molecule has 0 aromatic carbocycles. The highest BCUT2D eigenvalue weighted by Gasteiger charge is 2.23. The molecule has 1 aliphatic carbocycles. The van der Waals surface area contributed by atoms with E-state index in [-0.39, 0.29) is 0 Å². The summed E-state index contributed by atoms with van der Waals surface area (Å²) in [5.41, 5.74) is 1.28. The fourth-order valence-corrected chi connectivity index (χ4v) is 4.62. The number of nitrogens with zero attached hydrogens (tertiary/aromatic N) is 1. The summed E-state index contributed by atoms with van der Waals surface area (Å²) in [6.45, 7) is 0. The average molecular weight is 285 g/mol. The summed E-state index contributed by atoms with van der Waals surface area (Å²) >= 11 is 9.45. The van der Waals surface area contributed by atoms with Crippen LogP contribution in [0.4, 0.5) is 0 Å². The van der Waals surface area contributed by atoms with Gasteiger partial charge in [0.2, 0.25) is 0 Å². The zero-order valence-electron chi connectivity index (χ0n) is 9.50. The molecule has 0 spiro atoms. The van der Waals surface area contributed by atoms with Gasteiger partial charge in [-0.25, -0.2) is 4.98 Å². The second kappa shape index (κ2) is 4.69. The van der Waals surface area contributed by atoms with E-state index in [0.717, 1.165) is 16.5 Å². The SMILES string of the molecule is CNC1CCCc2nc(-c3cc(Cl)cs3)sc21. The molecule has 90 valence electrons. The van der Waals surface area contributed by atoms with Gasteiger partial charge in [-0.2, -0.15) is 0 Å². The van der Waals surface area contributed by atoms with Crippen LogP contribution in [0, 0.1) is 0 Å². The predicted molar refractivity (Wildman–Crippen MR) is 75.2 cm³/mol. The molecule has 0 amide bonds. The Kier molecular flexibility index (Phi) is 3.21. The second-order valence-electron chi connectivity index (χ2n) is 4.19. The molecule has 2 heterocycles. The number of thiophene rings is 1. The van der Waals surface area contributed by atoms with Crippen molar-refractivity contribution in [2.75, 3.05) is 7.05 Å². The van der Waals surface area contributed by atoms with E-state index in [2.05, 4.69) is 5.32 Å². The number of aromatic nitrogens is 1. The summed E-state index contributed by atoms with van der Waals surface area (Å²) in [6.07, 6.45) is 3.56. The fourth-order valence-electron chi connectivity index (χ4n) is 2.23. The van der Waals surface area contributed by atoms with E-state index in [9.17, 15) is 0 Å². The van der Waals surface area contributed by atoms with Crippen molar-refractivity contribution in [3.8, 4) is 9.88 Å². The number of halogens is 1. The van der Waals surface area contributed by atoms with Crippen molar-refractivity contribution >= 4 is 34.3 Å². The van der Waals surface area contributed by atoms with Gasteiger partial charge in [-0.3, -0.25) is 0 Å². The number of fused-ring (bicyclic) bond motifs is 1. The first-order valence-corrected chi connectivity index (χ1v) is 7.76. The minimum atomic E-state index is 0.487. The first kappa shape index (κ1) is 11.7. The van der Waals surface area contributed by atoms with Crippen LogP contribution >= 0.6 is 34.3 Å². The molecule has 3 rings (SSSR count). The van der Waals surface area contributed by atoms with E-state index in [1.165, 1.54) is 28.3 Å². The fraction of sp³-hybridized carbons (Fsp3) is 0.417. The number of rotatable bonds is 2. The zero-order valence-corrected chi connectivity index (χ0v) is 11.9. The first-order valence-electron chi connectivity index (χ1n) is 5.69. The molecule has 2 aromatic heterocycles. The van der Waals surface area contributed by atoms with Crippen molar-refractivity contribution in [3.05, 3.63) is 27.0 Å². The third-order valence-corrected chi connectivity index (χ3v) is 5.74. The number of thiazole rings is 1. The van der Waals surface area contributed by atoms with Gasteiger partial charge in [0, 0.05) is 16.3 Å². The van der Waals surface area contributed by atoms with Crippen molar-refractivity contribution in [2.24, 2.45) is 0 Å². The molecule has 0 bridgehead atoms. The van der Waals surface area contributed by atoms with Gasteiger partial charge in [-0.05, 0) is 32.4 Å².